The Balaban J connectivity index is 1.55. The van der Waals surface area contributed by atoms with E-state index in [1.807, 2.05) is 24.4 Å². The van der Waals surface area contributed by atoms with Gasteiger partial charge in [0.2, 0.25) is 11.8 Å². The van der Waals surface area contributed by atoms with Gasteiger partial charge in [0.15, 0.2) is 5.58 Å². The van der Waals surface area contributed by atoms with Crippen molar-refractivity contribution in [1.82, 2.24) is 19.9 Å². The summed E-state index contributed by atoms with van der Waals surface area (Å²) < 4.78 is 19.2. The number of nitrogens with one attached hydrogen (secondary N) is 3. The van der Waals surface area contributed by atoms with Crippen LogP contribution in [0.15, 0.2) is 51.8 Å². The number of aromatic nitrogens is 4. The predicted molar refractivity (Wildman–Crippen MR) is 97.1 cm³/mol. The average molecular weight is 364 g/mol. The first-order valence-corrected chi connectivity index (χ1v) is 8.23. The van der Waals surface area contributed by atoms with Crippen LogP contribution >= 0.6 is 0 Å². The third kappa shape index (κ3) is 2.58. The van der Waals surface area contributed by atoms with Crippen molar-refractivity contribution in [3.63, 3.8) is 0 Å². The maximum Gasteiger partial charge on any atom is 0.325 e. The van der Waals surface area contributed by atoms with Crippen LogP contribution in [0.1, 0.15) is 11.6 Å². The molecule has 5 rings (SSSR count). The molecule has 7 nitrogen and oxygen atoms in total. The summed E-state index contributed by atoms with van der Waals surface area (Å²) in [5, 5.41) is 10.6. The van der Waals surface area contributed by atoms with Gasteiger partial charge in [-0.3, -0.25) is 4.98 Å². The maximum atomic E-state index is 13.4. The molecule has 3 heterocycles. The van der Waals surface area contributed by atoms with Crippen molar-refractivity contribution in [2.24, 2.45) is 0 Å². The highest BCUT2D eigenvalue weighted by molar-refractivity contribution is 5.97. The van der Waals surface area contributed by atoms with Crippen LogP contribution in [0.4, 0.5) is 4.39 Å². The molecule has 0 aliphatic heterocycles. The highest BCUT2D eigenvalue weighted by atomic mass is 19.1. The normalized spacial score (nSPS) is 11.6. The Hall–Kier alpha value is -3.81. The lowest BCUT2D eigenvalue weighted by atomic mass is 10.0. The first-order valence-electron chi connectivity index (χ1n) is 8.23. The fourth-order valence-corrected chi connectivity index (χ4v) is 3.24. The van der Waals surface area contributed by atoms with Crippen molar-refractivity contribution in [2.45, 2.75) is 6.42 Å². The van der Waals surface area contributed by atoms with Gasteiger partial charge in [0.1, 0.15) is 11.3 Å². The number of imidazole rings is 1. The van der Waals surface area contributed by atoms with E-state index in [-0.39, 0.29) is 18.1 Å². The second kappa shape index (κ2) is 5.60. The van der Waals surface area contributed by atoms with E-state index in [2.05, 4.69) is 19.9 Å². The van der Waals surface area contributed by atoms with E-state index in [1.54, 1.807) is 6.07 Å². The molecule has 0 unspecified atom stereocenters. The first-order chi connectivity index (χ1) is 13.1. The van der Waals surface area contributed by atoms with Crippen LogP contribution in [0.25, 0.3) is 33.1 Å². The third-order valence-corrected chi connectivity index (χ3v) is 4.50. The quantitative estimate of drug-likeness (QED) is 0.393. The van der Waals surface area contributed by atoms with E-state index < -0.39 is 5.69 Å². The fraction of sp³-hybridized carbons (Fsp3) is 0.0526. The molecule has 134 valence electrons. The number of rotatable bonds is 3. The van der Waals surface area contributed by atoms with Gasteiger partial charge in [-0.25, -0.2) is 14.2 Å². The van der Waals surface area contributed by atoms with E-state index in [0.717, 1.165) is 22.0 Å². The van der Waals surface area contributed by atoms with Crippen molar-refractivity contribution in [3.8, 4) is 17.0 Å². The molecule has 8 heteroatoms. The number of hydrogen-bond acceptors (Lipinski definition) is 4. The highest BCUT2D eigenvalue weighted by Crippen LogP contribution is 2.31. The van der Waals surface area contributed by atoms with Gasteiger partial charge in [0.05, 0.1) is 12.1 Å². The molecule has 0 atom stereocenters. The largest absolute Gasteiger partial charge is 0.493 e. The molecule has 4 N–H and O–H groups in total. The van der Waals surface area contributed by atoms with Crippen molar-refractivity contribution in [1.29, 1.82) is 0 Å². The Morgan fingerprint density at radius 2 is 2.04 bits per heavy atom. The van der Waals surface area contributed by atoms with Crippen molar-refractivity contribution in [2.75, 3.05) is 0 Å². The third-order valence-electron chi connectivity index (χ3n) is 4.50. The van der Waals surface area contributed by atoms with E-state index in [1.165, 1.54) is 12.1 Å². The van der Waals surface area contributed by atoms with Gasteiger partial charge >= 0.3 is 5.69 Å². The second-order valence-corrected chi connectivity index (χ2v) is 6.27. The van der Waals surface area contributed by atoms with Gasteiger partial charge < -0.3 is 19.5 Å². The number of aromatic hydroxyl groups is 1. The number of nitrogens with zero attached hydrogens (tertiary/aromatic N) is 1. The minimum absolute atomic E-state index is 0.154. The summed E-state index contributed by atoms with van der Waals surface area (Å²) in [5.41, 5.74) is 3.61. The summed E-state index contributed by atoms with van der Waals surface area (Å²) in [5.74, 6) is -0.153. The zero-order chi connectivity index (χ0) is 18.5. The van der Waals surface area contributed by atoms with Crippen LogP contribution in [0.2, 0.25) is 0 Å². The predicted octanol–water partition coefficient (Wildman–Crippen LogP) is 3.43. The molecule has 0 aliphatic rings. The Morgan fingerprint density at radius 1 is 1.15 bits per heavy atom. The molecule has 0 fully saturated rings. The van der Waals surface area contributed by atoms with Gasteiger partial charge in [0.25, 0.3) is 0 Å². The highest BCUT2D eigenvalue weighted by Gasteiger charge is 2.14. The molecule has 0 spiro atoms. The molecule has 0 saturated heterocycles. The first kappa shape index (κ1) is 15.4. The molecule has 0 saturated carbocycles. The fourth-order valence-electron chi connectivity index (χ4n) is 3.24. The molecular formula is C19H13FN4O3. The van der Waals surface area contributed by atoms with Crippen LogP contribution in [0.3, 0.4) is 0 Å². The number of aromatic amines is 3. The topological polar surface area (TPSA) is 111 Å². The van der Waals surface area contributed by atoms with Gasteiger partial charge in [0, 0.05) is 22.7 Å². The SMILES string of the molecule is O=c1[nH]c(O)c(Cc2nc3ccc(-c4c[nH]c5cc(F)ccc45)cc3o2)[nH]1. The average Bonchev–Trinajstić information content (AvgIpc) is 3.30. The van der Waals surface area contributed by atoms with E-state index in [0.29, 0.717) is 22.7 Å². The number of H-pyrrole nitrogens is 3. The van der Waals surface area contributed by atoms with E-state index in [4.69, 9.17) is 4.42 Å². The minimum atomic E-state index is -0.489. The number of benzene rings is 2. The molecule has 0 aliphatic carbocycles. The summed E-state index contributed by atoms with van der Waals surface area (Å²) in [6.07, 6.45) is 1.98. The summed E-state index contributed by atoms with van der Waals surface area (Å²) in [6, 6.07) is 10.2. The Morgan fingerprint density at radius 3 is 2.85 bits per heavy atom. The monoisotopic (exact) mass is 364 g/mol. The summed E-state index contributed by atoms with van der Waals surface area (Å²) in [7, 11) is 0. The van der Waals surface area contributed by atoms with Crippen molar-refractivity contribution < 1.29 is 13.9 Å². The van der Waals surface area contributed by atoms with E-state index >= 15 is 0 Å². The molecule has 0 radical (unpaired) electrons. The Labute approximate surface area is 150 Å². The molecule has 2 aromatic carbocycles. The van der Waals surface area contributed by atoms with Gasteiger partial charge in [-0.2, -0.15) is 0 Å². The number of halogens is 1. The summed E-state index contributed by atoms with van der Waals surface area (Å²) >= 11 is 0. The Kier molecular flexibility index (Phi) is 3.20. The van der Waals surface area contributed by atoms with Crippen molar-refractivity contribution in [3.05, 3.63) is 70.5 Å². The lowest BCUT2D eigenvalue weighted by Gasteiger charge is -1.99. The molecular weight excluding hydrogens is 351 g/mol. The second-order valence-electron chi connectivity index (χ2n) is 6.27. The summed E-state index contributed by atoms with van der Waals surface area (Å²) in [6.45, 7) is 0. The molecule has 3 aromatic heterocycles. The standard InChI is InChI=1S/C19H13FN4O3/c20-10-2-3-11-12(8-21-14(11)6-10)9-1-4-13-16(5-9)27-17(22-13)7-15-18(25)24-19(26)23-15/h1-6,8,21,25H,7H2,(H2,23,24,26). The number of oxazole rings is 1. The zero-order valence-electron chi connectivity index (χ0n) is 13.8. The zero-order valence-corrected chi connectivity index (χ0v) is 13.8. The van der Waals surface area contributed by atoms with E-state index in [9.17, 15) is 14.3 Å². The van der Waals surface area contributed by atoms with Crippen LogP contribution in [0.5, 0.6) is 5.88 Å². The Bertz CT molecular complexity index is 1360. The van der Waals surface area contributed by atoms with Gasteiger partial charge in [-0.05, 0) is 35.9 Å². The van der Waals surface area contributed by atoms with Crippen molar-refractivity contribution >= 4 is 22.0 Å². The minimum Gasteiger partial charge on any atom is -0.493 e. The lowest BCUT2D eigenvalue weighted by Crippen LogP contribution is -2.01. The van der Waals surface area contributed by atoms with Crippen LogP contribution < -0.4 is 5.69 Å². The number of hydrogen-bond donors (Lipinski definition) is 4. The molecule has 5 aromatic rings. The van der Waals surface area contributed by atoms with Crippen LogP contribution in [-0.2, 0) is 6.42 Å². The molecule has 0 amide bonds. The smallest absolute Gasteiger partial charge is 0.325 e. The van der Waals surface area contributed by atoms with Gasteiger partial charge in [-0.15, -0.1) is 0 Å². The molecule has 27 heavy (non-hydrogen) atoms. The maximum absolute atomic E-state index is 13.4. The van der Waals surface area contributed by atoms with Crippen LogP contribution in [-0.4, -0.2) is 25.0 Å². The summed E-state index contributed by atoms with van der Waals surface area (Å²) in [4.78, 5) is 23.4. The van der Waals surface area contributed by atoms with Gasteiger partial charge in [-0.1, -0.05) is 6.07 Å². The van der Waals surface area contributed by atoms with Crippen LogP contribution in [0, 0.1) is 5.82 Å². The number of fused-ring (bicyclic) bond motifs is 2. The molecule has 0 bridgehead atoms. The lowest BCUT2D eigenvalue weighted by molar-refractivity contribution is 0.446.